The molecule has 2 saturated carbocycles. The number of fused-ring (bicyclic) bond motifs is 1. The highest BCUT2D eigenvalue weighted by Gasteiger charge is 2.43. The fourth-order valence-electron chi connectivity index (χ4n) is 3.57. The van der Waals surface area contributed by atoms with Gasteiger partial charge >= 0.3 is 0 Å². The zero-order valence-corrected chi connectivity index (χ0v) is 11.2. The second-order valence-electron chi connectivity index (χ2n) is 6.31. The molecule has 0 unspecified atom stereocenters. The molecule has 2 heterocycles. The minimum absolute atomic E-state index is 0.0822. The summed E-state index contributed by atoms with van der Waals surface area (Å²) in [7, 11) is 0. The van der Waals surface area contributed by atoms with Crippen LogP contribution in [0.1, 0.15) is 67.1 Å². The SMILES string of the molecule is O=C(c1cc(C2CC2)on1)N1C[C@H]2CCCCC[C@H]21. The van der Waals surface area contributed by atoms with Crippen LogP contribution in [0.2, 0.25) is 0 Å². The number of amides is 1. The molecule has 2 aliphatic carbocycles. The maximum atomic E-state index is 12.5. The normalized spacial score (nSPS) is 30.4. The van der Waals surface area contributed by atoms with Crippen LogP contribution < -0.4 is 0 Å². The molecule has 3 aliphatic rings. The Morgan fingerprint density at radius 1 is 1.21 bits per heavy atom. The fraction of sp³-hybridized carbons (Fsp3) is 0.733. The summed E-state index contributed by atoms with van der Waals surface area (Å²) in [6.45, 7) is 0.926. The first-order valence-corrected chi connectivity index (χ1v) is 7.60. The second-order valence-corrected chi connectivity index (χ2v) is 6.31. The van der Waals surface area contributed by atoms with Gasteiger partial charge in [0, 0.05) is 24.6 Å². The van der Waals surface area contributed by atoms with Crippen LogP contribution in [0.5, 0.6) is 0 Å². The van der Waals surface area contributed by atoms with Gasteiger partial charge in [0.1, 0.15) is 5.76 Å². The molecule has 0 aromatic carbocycles. The summed E-state index contributed by atoms with van der Waals surface area (Å²) in [6.07, 6.45) is 8.74. The van der Waals surface area contributed by atoms with Crippen LogP contribution in [0.4, 0.5) is 0 Å². The monoisotopic (exact) mass is 260 g/mol. The molecule has 0 radical (unpaired) electrons. The summed E-state index contributed by atoms with van der Waals surface area (Å²) in [5.41, 5.74) is 0.518. The summed E-state index contributed by atoms with van der Waals surface area (Å²) in [4.78, 5) is 14.5. The van der Waals surface area contributed by atoms with Crippen LogP contribution in [-0.4, -0.2) is 28.6 Å². The summed E-state index contributed by atoms with van der Waals surface area (Å²) in [6, 6.07) is 2.33. The van der Waals surface area contributed by atoms with E-state index in [2.05, 4.69) is 5.16 Å². The average Bonchev–Trinajstić information content (AvgIpc) is 3.15. The number of aromatic nitrogens is 1. The predicted octanol–water partition coefficient (Wildman–Crippen LogP) is 2.96. The Labute approximate surface area is 113 Å². The zero-order chi connectivity index (χ0) is 12.8. The molecule has 1 aromatic rings. The van der Waals surface area contributed by atoms with Crippen molar-refractivity contribution in [2.75, 3.05) is 6.54 Å². The Morgan fingerprint density at radius 3 is 2.89 bits per heavy atom. The van der Waals surface area contributed by atoms with Gasteiger partial charge in [0.25, 0.3) is 5.91 Å². The molecule has 1 saturated heterocycles. The summed E-state index contributed by atoms with van der Waals surface area (Å²) in [5, 5.41) is 3.98. The lowest BCUT2D eigenvalue weighted by atomic mass is 9.84. The van der Waals surface area contributed by atoms with Gasteiger partial charge in [-0.15, -0.1) is 0 Å². The smallest absolute Gasteiger partial charge is 0.276 e. The molecule has 2 atom stereocenters. The van der Waals surface area contributed by atoms with E-state index in [-0.39, 0.29) is 5.91 Å². The van der Waals surface area contributed by atoms with Crippen molar-refractivity contribution in [3.63, 3.8) is 0 Å². The number of likely N-dealkylation sites (tertiary alicyclic amines) is 1. The molecular formula is C15H20N2O2. The van der Waals surface area contributed by atoms with E-state index in [0.29, 0.717) is 17.7 Å². The molecule has 4 rings (SSSR count). The van der Waals surface area contributed by atoms with Crippen LogP contribution in [0.25, 0.3) is 0 Å². The highest BCUT2D eigenvalue weighted by atomic mass is 16.5. The van der Waals surface area contributed by atoms with E-state index >= 15 is 0 Å². The van der Waals surface area contributed by atoms with Gasteiger partial charge in [0.05, 0.1) is 0 Å². The summed E-state index contributed by atoms with van der Waals surface area (Å²) >= 11 is 0. The van der Waals surface area contributed by atoms with E-state index in [9.17, 15) is 4.79 Å². The van der Waals surface area contributed by atoms with Crippen molar-refractivity contribution in [1.29, 1.82) is 0 Å². The predicted molar refractivity (Wildman–Crippen MR) is 69.9 cm³/mol. The van der Waals surface area contributed by atoms with Crippen molar-refractivity contribution in [2.45, 2.75) is 56.9 Å². The number of carbonyl (C=O) groups is 1. The Kier molecular flexibility index (Phi) is 2.64. The molecule has 1 aliphatic heterocycles. The first-order chi connectivity index (χ1) is 9.33. The van der Waals surface area contributed by atoms with E-state index in [0.717, 1.165) is 18.2 Å². The standard InChI is InChI=1S/C15H20N2O2/c18-15(12-8-14(19-16-12)10-6-7-10)17-9-11-4-2-1-3-5-13(11)17/h8,10-11,13H,1-7,9H2/t11-,13-/m1/s1. The van der Waals surface area contributed by atoms with Crippen molar-refractivity contribution >= 4 is 5.91 Å². The Morgan fingerprint density at radius 2 is 2.05 bits per heavy atom. The van der Waals surface area contributed by atoms with Gasteiger partial charge in [-0.3, -0.25) is 4.79 Å². The molecule has 1 amide bonds. The fourth-order valence-corrected chi connectivity index (χ4v) is 3.57. The third kappa shape index (κ3) is 1.97. The molecule has 19 heavy (non-hydrogen) atoms. The molecule has 3 fully saturated rings. The molecule has 4 heteroatoms. The molecule has 1 aromatic heterocycles. The Hall–Kier alpha value is -1.32. The number of nitrogens with zero attached hydrogens (tertiary/aromatic N) is 2. The van der Waals surface area contributed by atoms with Gasteiger partial charge in [0.15, 0.2) is 5.69 Å². The van der Waals surface area contributed by atoms with Crippen LogP contribution in [0, 0.1) is 5.92 Å². The first kappa shape index (κ1) is 11.5. The molecule has 0 N–H and O–H groups in total. The van der Waals surface area contributed by atoms with Gasteiger partial charge in [-0.1, -0.05) is 24.4 Å². The molecule has 0 bridgehead atoms. The Balaban J connectivity index is 1.47. The minimum Gasteiger partial charge on any atom is -0.360 e. The van der Waals surface area contributed by atoms with E-state index in [1.165, 1.54) is 44.9 Å². The average molecular weight is 260 g/mol. The van der Waals surface area contributed by atoms with E-state index in [1.807, 2.05) is 11.0 Å². The quantitative estimate of drug-likeness (QED) is 0.821. The number of carbonyl (C=O) groups excluding carboxylic acids is 1. The highest BCUT2D eigenvalue weighted by Crippen LogP contribution is 2.41. The van der Waals surface area contributed by atoms with Gasteiger partial charge in [-0.2, -0.15) is 0 Å². The van der Waals surface area contributed by atoms with Crippen LogP contribution in [0.15, 0.2) is 10.6 Å². The van der Waals surface area contributed by atoms with Gasteiger partial charge in [0.2, 0.25) is 0 Å². The molecular weight excluding hydrogens is 240 g/mol. The lowest BCUT2D eigenvalue weighted by molar-refractivity contribution is 0.0114. The van der Waals surface area contributed by atoms with Crippen molar-refractivity contribution in [3.8, 4) is 0 Å². The molecule has 0 spiro atoms. The van der Waals surface area contributed by atoms with Crippen LogP contribution in [0.3, 0.4) is 0 Å². The third-order valence-electron chi connectivity index (χ3n) is 4.94. The largest absolute Gasteiger partial charge is 0.360 e. The lowest BCUT2D eigenvalue weighted by Crippen LogP contribution is -2.58. The minimum atomic E-state index is 0.0822. The van der Waals surface area contributed by atoms with Crippen LogP contribution >= 0.6 is 0 Å². The van der Waals surface area contributed by atoms with Gasteiger partial charge < -0.3 is 9.42 Å². The third-order valence-corrected chi connectivity index (χ3v) is 4.94. The second kappa shape index (κ2) is 4.36. The number of rotatable bonds is 2. The molecule has 4 nitrogen and oxygen atoms in total. The van der Waals surface area contributed by atoms with Crippen molar-refractivity contribution < 1.29 is 9.32 Å². The van der Waals surface area contributed by atoms with E-state index in [1.54, 1.807) is 0 Å². The topological polar surface area (TPSA) is 46.3 Å². The van der Waals surface area contributed by atoms with Crippen molar-refractivity contribution in [3.05, 3.63) is 17.5 Å². The maximum Gasteiger partial charge on any atom is 0.276 e. The van der Waals surface area contributed by atoms with E-state index in [4.69, 9.17) is 4.52 Å². The van der Waals surface area contributed by atoms with Gasteiger partial charge in [-0.05, 0) is 31.6 Å². The van der Waals surface area contributed by atoms with Crippen molar-refractivity contribution in [1.82, 2.24) is 10.1 Å². The molecule has 102 valence electrons. The zero-order valence-electron chi connectivity index (χ0n) is 11.2. The first-order valence-electron chi connectivity index (χ1n) is 7.60. The van der Waals surface area contributed by atoms with Gasteiger partial charge in [-0.25, -0.2) is 0 Å². The Bertz CT molecular complexity index is 492. The van der Waals surface area contributed by atoms with Crippen LogP contribution in [-0.2, 0) is 0 Å². The lowest BCUT2D eigenvalue weighted by Gasteiger charge is -2.47. The van der Waals surface area contributed by atoms with E-state index < -0.39 is 0 Å². The summed E-state index contributed by atoms with van der Waals surface area (Å²) < 4.78 is 5.29. The van der Waals surface area contributed by atoms with Crippen molar-refractivity contribution in [2.24, 2.45) is 5.92 Å². The number of hydrogen-bond acceptors (Lipinski definition) is 3. The summed E-state index contributed by atoms with van der Waals surface area (Å²) in [5.74, 6) is 2.25. The number of hydrogen-bond donors (Lipinski definition) is 0. The highest BCUT2D eigenvalue weighted by molar-refractivity contribution is 5.93. The maximum absolute atomic E-state index is 12.5.